The lowest BCUT2D eigenvalue weighted by Crippen LogP contribution is -2.47. The van der Waals surface area contributed by atoms with Crippen molar-refractivity contribution in [2.24, 2.45) is 0 Å². The van der Waals surface area contributed by atoms with E-state index >= 15 is 0 Å². The van der Waals surface area contributed by atoms with Gasteiger partial charge in [0.2, 0.25) is 10.4 Å². The van der Waals surface area contributed by atoms with Crippen molar-refractivity contribution >= 4 is 10.4 Å². The van der Waals surface area contributed by atoms with Crippen molar-refractivity contribution in [1.29, 1.82) is 0 Å². The zero-order valence-corrected chi connectivity index (χ0v) is 12.4. The Morgan fingerprint density at radius 1 is 1.11 bits per heavy atom. The second kappa shape index (κ2) is 10.3. The monoisotopic (exact) mass is 279 g/mol. The van der Waals surface area contributed by atoms with Crippen LogP contribution in [0.3, 0.4) is 0 Å². The van der Waals surface area contributed by atoms with Crippen molar-refractivity contribution in [3.05, 3.63) is 25.3 Å². The van der Waals surface area contributed by atoms with Crippen LogP contribution in [0, 0.1) is 0 Å². The topological polar surface area (TPSA) is 66.4 Å². The molecule has 18 heavy (non-hydrogen) atoms. The first-order chi connectivity index (χ1) is 8.30. The summed E-state index contributed by atoms with van der Waals surface area (Å²) >= 11 is 0. The molecule has 108 valence electrons. The van der Waals surface area contributed by atoms with Gasteiger partial charge in [-0.1, -0.05) is 13.2 Å². The van der Waals surface area contributed by atoms with E-state index < -0.39 is 10.4 Å². The van der Waals surface area contributed by atoms with E-state index in [1.54, 1.807) is 0 Å². The van der Waals surface area contributed by atoms with E-state index in [-0.39, 0.29) is 6.61 Å². The Bertz CT molecular complexity index is 309. The van der Waals surface area contributed by atoms with Gasteiger partial charge in [0.1, 0.15) is 0 Å². The summed E-state index contributed by atoms with van der Waals surface area (Å²) in [4.78, 5) is 0. The van der Waals surface area contributed by atoms with Gasteiger partial charge < -0.3 is 9.04 Å². The minimum absolute atomic E-state index is 0.0914. The molecule has 0 aliphatic heterocycles. The molecule has 0 saturated heterocycles. The van der Waals surface area contributed by atoms with E-state index in [0.717, 1.165) is 30.7 Å². The molecule has 0 atom stereocenters. The lowest BCUT2D eigenvalue weighted by Gasteiger charge is -2.34. The highest BCUT2D eigenvalue weighted by Crippen LogP contribution is 2.05. The van der Waals surface area contributed by atoms with E-state index in [9.17, 15) is 13.0 Å². The Kier molecular flexibility index (Phi) is 11.2. The van der Waals surface area contributed by atoms with E-state index in [2.05, 4.69) is 31.2 Å². The molecule has 5 nitrogen and oxygen atoms in total. The van der Waals surface area contributed by atoms with Crippen LogP contribution in [0.25, 0.3) is 0 Å². The second-order valence-corrected chi connectivity index (χ2v) is 4.78. The van der Waals surface area contributed by atoms with Gasteiger partial charge in [-0.15, -0.1) is 0 Å². The largest absolute Gasteiger partial charge is 0.726 e. The molecule has 0 aromatic carbocycles. The molecule has 0 amide bonds. The number of hydrogen-bond acceptors (Lipinski definition) is 4. The fourth-order valence-corrected chi connectivity index (χ4v) is 1.80. The molecule has 0 radical (unpaired) electrons. The number of quaternary nitrogens is 1. The Morgan fingerprint density at radius 2 is 1.50 bits per heavy atom. The first-order valence-electron chi connectivity index (χ1n) is 5.97. The van der Waals surface area contributed by atoms with Crippen LogP contribution in [-0.4, -0.2) is 50.2 Å². The van der Waals surface area contributed by atoms with Crippen LogP contribution in [0.4, 0.5) is 0 Å². The van der Waals surface area contributed by atoms with Crippen molar-refractivity contribution in [3.63, 3.8) is 0 Å². The van der Waals surface area contributed by atoms with Gasteiger partial charge in [-0.25, -0.2) is 8.42 Å². The van der Waals surface area contributed by atoms with Gasteiger partial charge in [-0.2, -0.15) is 0 Å². The molecule has 0 rings (SSSR count). The van der Waals surface area contributed by atoms with E-state index in [1.807, 2.05) is 12.2 Å². The summed E-state index contributed by atoms with van der Waals surface area (Å²) < 4.78 is 33.1. The number of likely N-dealkylation sites (N-methyl/N-ethyl adjacent to an activating group) is 1. The molecule has 0 fully saturated rings. The lowest BCUT2D eigenvalue weighted by molar-refractivity contribution is -0.914. The molecule has 0 heterocycles. The maximum absolute atomic E-state index is 9.45. The Balaban J connectivity index is 0. The normalized spacial score (nSPS) is 11.3. The quantitative estimate of drug-likeness (QED) is 0.293. The van der Waals surface area contributed by atoms with Crippen molar-refractivity contribution in [3.8, 4) is 0 Å². The average Bonchev–Trinajstić information content (AvgIpc) is 2.28. The summed E-state index contributed by atoms with van der Waals surface area (Å²) in [6.45, 7) is 17.8. The maximum atomic E-state index is 9.45. The first kappa shape index (κ1) is 19.6. The maximum Gasteiger partial charge on any atom is 0.217 e. The van der Waals surface area contributed by atoms with Gasteiger partial charge in [0.05, 0.1) is 32.8 Å². The van der Waals surface area contributed by atoms with Gasteiger partial charge in [0, 0.05) is 0 Å². The molecule has 0 aliphatic rings. The van der Waals surface area contributed by atoms with Gasteiger partial charge in [0.25, 0.3) is 0 Å². The van der Waals surface area contributed by atoms with Gasteiger partial charge >= 0.3 is 0 Å². The molecule has 0 bridgehead atoms. The molecular formula is C12H25NO4S. The van der Waals surface area contributed by atoms with Crippen LogP contribution >= 0.6 is 0 Å². The second-order valence-electron chi connectivity index (χ2n) is 3.73. The summed E-state index contributed by atoms with van der Waals surface area (Å²) in [6, 6.07) is 0. The molecular weight excluding hydrogens is 254 g/mol. The van der Waals surface area contributed by atoms with E-state index in [4.69, 9.17) is 0 Å². The number of nitrogens with zero attached hydrogens (tertiary/aromatic N) is 1. The third-order valence-electron chi connectivity index (χ3n) is 2.64. The minimum Gasteiger partial charge on any atom is -0.726 e. The van der Waals surface area contributed by atoms with E-state index in [1.165, 1.54) is 6.92 Å². The van der Waals surface area contributed by atoms with Crippen molar-refractivity contribution < 1.29 is 21.6 Å². The predicted molar refractivity (Wildman–Crippen MR) is 72.8 cm³/mol. The smallest absolute Gasteiger partial charge is 0.217 e. The SMILES string of the molecule is C=CC[N+](CC)(CC)CC=C.CCOS(=O)(=O)[O-]. The summed E-state index contributed by atoms with van der Waals surface area (Å²) in [6.07, 6.45) is 3.99. The van der Waals surface area contributed by atoms with Crippen LogP contribution < -0.4 is 0 Å². The van der Waals surface area contributed by atoms with Crippen LogP contribution in [-0.2, 0) is 14.6 Å². The Morgan fingerprint density at radius 3 is 1.61 bits per heavy atom. The minimum atomic E-state index is -4.42. The van der Waals surface area contributed by atoms with Crippen LogP contribution in [0.2, 0.25) is 0 Å². The first-order valence-corrected chi connectivity index (χ1v) is 7.31. The fourth-order valence-electron chi connectivity index (χ4n) is 1.51. The van der Waals surface area contributed by atoms with E-state index in [0.29, 0.717) is 0 Å². The highest BCUT2D eigenvalue weighted by atomic mass is 32.3. The lowest BCUT2D eigenvalue weighted by atomic mass is 10.3. The van der Waals surface area contributed by atoms with Crippen molar-refractivity contribution in [2.75, 3.05) is 32.8 Å². The fraction of sp³-hybridized carbons (Fsp3) is 0.667. The average molecular weight is 279 g/mol. The molecule has 0 N–H and O–H groups in total. The summed E-state index contributed by atoms with van der Waals surface area (Å²) in [5.74, 6) is 0. The van der Waals surface area contributed by atoms with Crippen molar-refractivity contribution in [2.45, 2.75) is 20.8 Å². The summed E-state index contributed by atoms with van der Waals surface area (Å²) in [5, 5.41) is 0. The Hall–Kier alpha value is -0.690. The van der Waals surface area contributed by atoms with Gasteiger partial charge in [-0.05, 0) is 32.9 Å². The molecule has 0 aromatic rings. The summed E-state index contributed by atoms with van der Waals surface area (Å²) in [7, 11) is -4.42. The third kappa shape index (κ3) is 10.5. The molecule has 0 unspecified atom stereocenters. The molecule has 0 aliphatic carbocycles. The van der Waals surface area contributed by atoms with Gasteiger partial charge in [-0.3, -0.25) is 4.18 Å². The predicted octanol–water partition coefficient (Wildman–Crippen LogP) is 1.70. The summed E-state index contributed by atoms with van der Waals surface area (Å²) in [5.41, 5.74) is 0. The molecule has 6 heteroatoms. The highest BCUT2D eigenvalue weighted by molar-refractivity contribution is 7.80. The van der Waals surface area contributed by atoms with Crippen LogP contribution in [0.15, 0.2) is 25.3 Å². The third-order valence-corrected chi connectivity index (χ3v) is 3.16. The number of hydrogen-bond donors (Lipinski definition) is 0. The zero-order valence-electron chi connectivity index (χ0n) is 11.6. The van der Waals surface area contributed by atoms with Crippen molar-refractivity contribution in [1.82, 2.24) is 0 Å². The highest BCUT2D eigenvalue weighted by Gasteiger charge is 2.18. The standard InChI is InChI=1S/C10H20N.C2H6O4S/c1-5-9-11(7-3,8-4)10-6-2;1-2-6-7(3,4)5/h5-6H,1-2,7-10H2,3-4H3;2H2,1H3,(H,3,4,5)/q+1;/p-1. The number of rotatable bonds is 8. The van der Waals surface area contributed by atoms with Crippen LogP contribution in [0.5, 0.6) is 0 Å². The molecule has 0 saturated carbocycles. The molecule has 0 aromatic heterocycles. The molecule has 0 spiro atoms. The van der Waals surface area contributed by atoms with Gasteiger partial charge in [0.15, 0.2) is 0 Å². The Labute approximate surface area is 111 Å². The zero-order chi connectivity index (χ0) is 14.7. The van der Waals surface area contributed by atoms with Crippen LogP contribution in [0.1, 0.15) is 20.8 Å².